The Morgan fingerprint density at radius 1 is 1.50 bits per heavy atom. The van der Waals surface area contributed by atoms with Gasteiger partial charge in [0.15, 0.2) is 0 Å². The third-order valence-corrected chi connectivity index (χ3v) is 1.32. The lowest BCUT2D eigenvalue weighted by Gasteiger charge is -2.04. The fourth-order valence-corrected chi connectivity index (χ4v) is 0.800. The monoisotopic (exact) mass is 167 g/mol. The second kappa shape index (κ2) is 5.51. The topological polar surface area (TPSA) is 46.2 Å². The van der Waals surface area contributed by atoms with E-state index in [0.717, 1.165) is 12.4 Å². The van der Waals surface area contributed by atoms with Crippen LogP contribution in [0.4, 0.5) is 5.82 Å². The van der Waals surface area contributed by atoms with Gasteiger partial charge in [0.2, 0.25) is 0 Å². The molecule has 1 aromatic heterocycles. The molecule has 4 nitrogen and oxygen atoms in total. The van der Waals surface area contributed by atoms with Crippen LogP contribution in [0.2, 0.25) is 0 Å². The van der Waals surface area contributed by atoms with Crippen molar-refractivity contribution in [3.05, 3.63) is 24.4 Å². The first kappa shape index (κ1) is 8.96. The van der Waals surface area contributed by atoms with Gasteiger partial charge in [0.25, 0.3) is 0 Å². The van der Waals surface area contributed by atoms with E-state index in [4.69, 9.17) is 4.84 Å². The number of anilines is 1. The molecule has 0 atom stereocenters. The summed E-state index contributed by atoms with van der Waals surface area (Å²) in [6.07, 6.45) is 1.75. The summed E-state index contributed by atoms with van der Waals surface area (Å²) < 4.78 is 0. The van der Waals surface area contributed by atoms with Gasteiger partial charge in [0.1, 0.15) is 5.82 Å². The van der Waals surface area contributed by atoms with Crippen molar-refractivity contribution in [3.8, 4) is 0 Å². The third-order valence-electron chi connectivity index (χ3n) is 1.32. The molecule has 2 N–H and O–H groups in total. The van der Waals surface area contributed by atoms with E-state index in [0.29, 0.717) is 6.61 Å². The van der Waals surface area contributed by atoms with E-state index in [1.807, 2.05) is 18.2 Å². The highest BCUT2D eigenvalue weighted by Gasteiger charge is 1.89. The number of hydrogen-bond acceptors (Lipinski definition) is 4. The van der Waals surface area contributed by atoms with Crippen LogP contribution in [0.3, 0.4) is 0 Å². The lowest BCUT2D eigenvalue weighted by molar-refractivity contribution is 0.0659. The molecule has 0 aliphatic rings. The molecule has 1 aromatic rings. The van der Waals surface area contributed by atoms with E-state index >= 15 is 0 Å². The van der Waals surface area contributed by atoms with E-state index in [1.165, 1.54) is 0 Å². The van der Waals surface area contributed by atoms with Crippen LogP contribution in [0.15, 0.2) is 24.4 Å². The van der Waals surface area contributed by atoms with Crippen molar-refractivity contribution in [1.29, 1.82) is 0 Å². The van der Waals surface area contributed by atoms with Gasteiger partial charge in [-0.3, -0.25) is 0 Å². The zero-order chi connectivity index (χ0) is 8.65. The molecule has 66 valence electrons. The Hall–Kier alpha value is -1.13. The van der Waals surface area contributed by atoms with Gasteiger partial charge in [-0.1, -0.05) is 6.07 Å². The normalized spacial score (nSPS) is 9.75. The molecule has 1 heterocycles. The molecule has 0 saturated heterocycles. The van der Waals surface area contributed by atoms with E-state index in [1.54, 1.807) is 13.2 Å². The van der Waals surface area contributed by atoms with E-state index in [2.05, 4.69) is 15.8 Å². The van der Waals surface area contributed by atoms with Gasteiger partial charge in [-0.05, 0) is 12.1 Å². The smallest absolute Gasteiger partial charge is 0.125 e. The summed E-state index contributed by atoms with van der Waals surface area (Å²) in [5.74, 6) is 0.872. The second-order valence-electron chi connectivity index (χ2n) is 2.19. The van der Waals surface area contributed by atoms with Gasteiger partial charge in [0, 0.05) is 19.8 Å². The van der Waals surface area contributed by atoms with Crippen molar-refractivity contribution in [2.75, 3.05) is 25.5 Å². The molecule has 0 unspecified atom stereocenters. The predicted molar refractivity (Wildman–Crippen MR) is 47.7 cm³/mol. The van der Waals surface area contributed by atoms with Gasteiger partial charge in [-0.25, -0.2) is 10.5 Å². The molecule has 0 saturated carbocycles. The minimum Gasteiger partial charge on any atom is -0.368 e. The summed E-state index contributed by atoms with van der Waals surface area (Å²) in [6.45, 7) is 1.37. The maximum absolute atomic E-state index is 4.91. The number of aromatic nitrogens is 1. The maximum atomic E-state index is 4.91. The van der Waals surface area contributed by atoms with Crippen LogP contribution in [0, 0.1) is 0 Å². The van der Waals surface area contributed by atoms with Gasteiger partial charge in [-0.15, -0.1) is 0 Å². The molecular weight excluding hydrogens is 154 g/mol. The Bertz CT molecular complexity index is 203. The van der Waals surface area contributed by atoms with Crippen molar-refractivity contribution < 1.29 is 4.84 Å². The van der Waals surface area contributed by atoms with Crippen LogP contribution in [0.1, 0.15) is 0 Å². The molecule has 0 bridgehead atoms. The molecule has 0 amide bonds. The zero-order valence-electron chi connectivity index (χ0n) is 7.08. The van der Waals surface area contributed by atoms with Crippen LogP contribution in [0.5, 0.6) is 0 Å². The summed E-state index contributed by atoms with van der Waals surface area (Å²) in [5, 5.41) is 3.10. The predicted octanol–water partition coefficient (Wildman–Crippen LogP) is 0.644. The number of nitrogens with one attached hydrogen (secondary N) is 2. The maximum Gasteiger partial charge on any atom is 0.125 e. The highest BCUT2D eigenvalue weighted by molar-refractivity contribution is 5.32. The lowest BCUT2D eigenvalue weighted by atomic mass is 10.4. The summed E-state index contributed by atoms with van der Waals surface area (Å²) >= 11 is 0. The summed E-state index contributed by atoms with van der Waals surface area (Å²) in [6, 6.07) is 5.74. The molecular formula is C8H13N3O. The van der Waals surface area contributed by atoms with Crippen molar-refractivity contribution in [2.45, 2.75) is 0 Å². The molecule has 0 spiro atoms. The SMILES string of the molecule is CNOCCNc1ccccn1. The first-order valence-corrected chi connectivity index (χ1v) is 3.87. The van der Waals surface area contributed by atoms with Gasteiger partial charge in [0.05, 0.1) is 6.61 Å². The van der Waals surface area contributed by atoms with E-state index in [9.17, 15) is 0 Å². The fourth-order valence-electron chi connectivity index (χ4n) is 0.800. The molecule has 0 radical (unpaired) electrons. The zero-order valence-corrected chi connectivity index (χ0v) is 7.08. The van der Waals surface area contributed by atoms with Crippen molar-refractivity contribution in [2.24, 2.45) is 0 Å². The van der Waals surface area contributed by atoms with Gasteiger partial charge in [-0.2, -0.15) is 0 Å². The average molecular weight is 167 g/mol. The second-order valence-corrected chi connectivity index (χ2v) is 2.19. The van der Waals surface area contributed by atoms with Crippen LogP contribution in [-0.2, 0) is 4.84 Å². The van der Waals surface area contributed by atoms with Crippen molar-refractivity contribution in [1.82, 2.24) is 10.5 Å². The first-order chi connectivity index (χ1) is 5.93. The number of nitrogens with zero attached hydrogens (tertiary/aromatic N) is 1. The van der Waals surface area contributed by atoms with E-state index in [-0.39, 0.29) is 0 Å². The quantitative estimate of drug-likeness (QED) is 0.499. The number of pyridine rings is 1. The highest BCUT2D eigenvalue weighted by Crippen LogP contribution is 1.97. The minimum atomic E-state index is 0.618. The minimum absolute atomic E-state index is 0.618. The number of hydroxylamine groups is 1. The number of hydrogen-bond donors (Lipinski definition) is 2. The summed E-state index contributed by atoms with van der Waals surface area (Å²) in [5.41, 5.74) is 2.59. The first-order valence-electron chi connectivity index (χ1n) is 3.87. The summed E-state index contributed by atoms with van der Waals surface area (Å²) in [7, 11) is 1.74. The van der Waals surface area contributed by atoms with Gasteiger partial charge >= 0.3 is 0 Å². The van der Waals surface area contributed by atoms with Crippen LogP contribution >= 0.6 is 0 Å². The Morgan fingerprint density at radius 2 is 2.42 bits per heavy atom. The molecule has 1 rings (SSSR count). The molecule has 0 fully saturated rings. The van der Waals surface area contributed by atoms with Crippen molar-refractivity contribution >= 4 is 5.82 Å². The molecule has 0 aliphatic heterocycles. The largest absolute Gasteiger partial charge is 0.368 e. The van der Waals surface area contributed by atoms with E-state index < -0.39 is 0 Å². The Kier molecular flexibility index (Phi) is 4.12. The highest BCUT2D eigenvalue weighted by atomic mass is 16.6. The molecule has 4 heteroatoms. The van der Waals surface area contributed by atoms with Crippen molar-refractivity contribution in [3.63, 3.8) is 0 Å². The Labute approximate surface area is 71.9 Å². The summed E-state index contributed by atoms with van der Waals surface area (Å²) in [4.78, 5) is 9.00. The molecule has 0 aliphatic carbocycles. The van der Waals surface area contributed by atoms with Crippen LogP contribution in [-0.4, -0.2) is 25.2 Å². The van der Waals surface area contributed by atoms with Gasteiger partial charge < -0.3 is 10.2 Å². The number of rotatable bonds is 5. The lowest BCUT2D eigenvalue weighted by Crippen LogP contribution is -2.16. The third kappa shape index (κ3) is 3.32. The Morgan fingerprint density at radius 3 is 3.08 bits per heavy atom. The standard InChI is InChI=1S/C8H13N3O/c1-9-12-7-6-11-8-4-2-3-5-10-8/h2-5,9H,6-7H2,1H3,(H,10,11). The molecule has 12 heavy (non-hydrogen) atoms. The average Bonchev–Trinajstić information content (AvgIpc) is 2.14. The van der Waals surface area contributed by atoms with Crippen LogP contribution in [0.25, 0.3) is 0 Å². The van der Waals surface area contributed by atoms with Crippen LogP contribution < -0.4 is 10.8 Å². The fraction of sp³-hybridized carbons (Fsp3) is 0.375. The Balaban J connectivity index is 2.16. The molecule has 0 aromatic carbocycles.